The van der Waals surface area contributed by atoms with Gasteiger partial charge in [0.2, 0.25) is 0 Å². The third kappa shape index (κ3) is 3.37. The molecule has 3 heterocycles. The first-order chi connectivity index (χ1) is 14.5. The number of hydrogen-bond donors (Lipinski definition) is 3. The highest BCUT2D eigenvalue weighted by Crippen LogP contribution is 2.28. The standard InChI is InChI=1S/C22H19N5O3.H2/c1-13-18(22(29)27-11-14(9-24)12-27)10-26-20(13)19(4-6-23)30-16-3-2-15-5-7-25-21(28)17(15)8-16;/h2-8,10,14,23,26H,11-12H2,1H3,(H,25,28);1H/b19-4+,23-6?;. The van der Waals surface area contributed by atoms with Crippen molar-refractivity contribution in [3.05, 3.63) is 69.9 Å². The number of nitriles is 1. The van der Waals surface area contributed by atoms with Gasteiger partial charge in [-0.05, 0) is 36.1 Å². The molecule has 1 aliphatic rings. The van der Waals surface area contributed by atoms with Gasteiger partial charge in [0.1, 0.15) is 5.75 Å². The van der Waals surface area contributed by atoms with E-state index in [1.54, 1.807) is 48.5 Å². The first kappa shape index (κ1) is 19.2. The molecule has 152 valence electrons. The Bertz CT molecular complexity index is 1280. The van der Waals surface area contributed by atoms with Crippen LogP contribution < -0.4 is 10.3 Å². The van der Waals surface area contributed by atoms with Crippen LogP contribution in [0.25, 0.3) is 16.5 Å². The number of carbonyl (C=O) groups is 1. The molecule has 0 bridgehead atoms. The zero-order valence-corrected chi connectivity index (χ0v) is 16.2. The number of H-pyrrole nitrogens is 2. The van der Waals surface area contributed by atoms with E-state index in [1.165, 1.54) is 6.08 Å². The van der Waals surface area contributed by atoms with Crippen molar-refractivity contribution in [2.45, 2.75) is 6.92 Å². The summed E-state index contributed by atoms with van der Waals surface area (Å²) in [5.41, 5.74) is 1.54. The maximum absolute atomic E-state index is 12.7. The summed E-state index contributed by atoms with van der Waals surface area (Å²) in [5.74, 6) is 0.536. The molecule has 1 aromatic carbocycles. The number of benzene rings is 1. The van der Waals surface area contributed by atoms with E-state index in [-0.39, 0.29) is 18.8 Å². The number of nitrogens with zero attached hydrogens (tertiary/aromatic N) is 2. The smallest absolute Gasteiger partial charge is 0.255 e. The lowest BCUT2D eigenvalue weighted by molar-refractivity contribution is 0.0577. The molecule has 0 spiro atoms. The Morgan fingerprint density at radius 1 is 1.37 bits per heavy atom. The Labute approximate surface area is 173 Å². The highest BCUT2D eigenvalue weighted by atomic mass is 16.5. The quantitative estimate of drug-likeness (QED) is 0.447. The summed E-state index contributed by atoms with van der Waals surface area (Å²) < 4.78 is 5.97. The number of aromatic nitrogens is 2. The van der Waals surface area contributed by atoms with Crippen LogP contribution in [0.1, 0.15) is 23.0 Å². The van der Waals surface area contributed by atoms with Crippen LogP contribution in [0, 0.1) is 29.6 Å². The number of likely N-dealkylation sites (tertiary alicyclic amines) is 1. The number of aromatic amines is 2. The van der Waals surface area contributed by atoms with Gasteiger partial charge < -0.3 is 25.0 Å². The summed E-state index contributed by atoms with van der Waals surface area (Å²) in [6, 6.07) is 9.12. The van der Waals surface area contributed by atoms with Crippen molar-refractivity contribution >= 4 is 28.7 Å². The number of fused-ring (bicyclic) bond motifs is 1. The van der Waals surface area contributed by atoms with Crippen LogP contribution in [0.5, 0.6) is 5.75 Å². The zero-order valence-electron chi connectivity index (χ0n) is 16.2. The van der Waals surface area contributed by atoms with E-state index in [4.69, 9.17) is 15.4 Å². The third-order valence-corrected chi connectivity index (χ3v) is 5.18. The Kier molecular flexibility index (Phi) is 4.94. The minimum atomic E-state index is -0.218. The van der Waals surface area contributed by atoms with Crippen LogP contribution in [0.2, 0.25) is 0 Å². The van der Waals surface area contributed by atoms with Gasteiger partial charge in [0.15, 0.2) is 5.76 Å². The normalized spacial score (nSPS) is 14.3. The second kappa shape index (κ2) is 7.72. The molecule has 1 fully saturated rings. The third-order valence-electron chi connectivity index (χ3n) is 5.18. The molecule has 3 N–H and O–H groups in total. The van der Waals surface area contributed by atoms with Gasteiger partial charge >= 0.3 is 0 Å². The van der Waals surface area contributed by atoms with E-state index in [0.717, 1.165) is 11.6 Å². The minimum Gasteiger partial charge on any atom is -0.455 e. The summed E-state index contributed by atoms with van der Waals surface area (Å²) in [4.78, 5) is 32.1. The predicted octanol–water partition coefficient (Wildman–Crippen LogP) is 3.08. The van der Waals surface area contributed by atoms with Gasteiger partial charge in [-0.25, -0.2) is 0 Å². The number of nitrogens with one attached hydrogen (secondary N) is 3. The number of ether oxygens (including phenoxy) is 1. The number of pyridine rings is 1. The fraction of sp³-hybridized carbons (Fsp3) is 0.182. The largest absolute Gasteiger partial charge is 0.455 e. The highest BCUT2D eigenvalue weighted by molar-refractivity contribution is 5.97. The average molecular weight is 403 g/mol. The molecule has 1 amide bonds. The zero-order chi connectivity index (χ0) is 21.3. The lowest BCUT2D eigenvalue weighted by atomic mass is 10.00. The van der Waals surface area contributed by atoms with Crippen LogP contribution >= 0.6 is 0 Å². The van der Waals surface area contributed by atoms with E-state index in [2.05, 4.69) is 16.0 Å². The van der Waals surface area contributed by atoms with Gasteiger partial charge in [-0.1, -0.05) is 6.07 Å². The second-order valence-corrected chi connectivity index (χ2v) is 7.09. The van der Waals surface area contributed by atoms with Crippen LogP contribution in [-0.2, 0) is 0 Å². The molecule has 0 radical (unpaired) electrons. The lowest BCUT2D eigenvalue weighted by Gasteiger charge is -2.35. The first-order valence-electron chi connectivity index (χ1n) is 9.39. The fourth-order valence-electron chi connectivity index (χ4n) is 3.47. The van der Waals surface area contributed by atoms with Crippen molar-refractivity contribution in [1.29, 1.82) is 10.7 Å². The van der Waals surface area contributed by atoms with Crippen molar-refractivity contribution in [3.63, 3.8) is 0 Å². The molecule has 0 atom stereocenters. The van der Waals surface area contributed by atoms with Gasteiger partial charge in [0.05, 0.1) is 28.6 Å². The van der Waals surface area contributed by atoms with Gasteiger partial charge in [-0.3, -0.25) is 9.59 Å². The molecular formula is C22H21N5O3. The van der Waals surface area contributed by atoms with Crippen LogP contribution in [0.15, 0.2) is 47.5 Å². The first-order valence-corrected chi connectivity index (χ1v) is 9.39. The summed E-state index contributed by atoms with van der Waals surface area (Å²) in [6.07, 6.45) is 5.77. The summed E-state index contributed by atoms with van der Waals surface area (Å²) >= 11 is 0. The summed E-state index contributed by atoms with van der Waals surface area (Å²) in [5, 5.41) is 17.7. The van der Waals surface area contributed by atoms with Gasteiger partial charge in [0, 0.05) is 39.2 Å². The second-order valence-electron chi connectivity index (χ2n) is 7.09. The van der Waals surface area contributed by atoms with E-state index in [1.807, 2.05) is 0 Å². The molecule has 1 aliphatic heterocycles. The Morgan fingerprint density at radius 2 is 2.17 bits per heavy atom. The fourth-order valence-corrected chi connectivity index (χ4v) is 3.47. The number of allylic oxidation sites excluding steroid dienone is 1. The van der Waals surface area contributed by atoms with E-state index < -0.39 is 0 Å². The maximum Gasteiger partial charge on any atom is 0.255 e. The summed E-state index contributed by atoms with van der Waals surface area (Å²) in [6.45, 7) is 2.66. The van der Waals surface area contributed by atoms with E-state index >= 15 is 0 Å². The number of amides is 1. The molecule has 1 saturated heterocycles. The lowest BCUT2D eigenvalue weighted by Crippen LogP contribution is -2.49. The topological polar surface area (TPSA) is 126 Å². The Morgan fingerprint density at radius 3 is 2.90 bits per heavy atom. The van der Waals surface area contributed by atoms with Crippen LogP contribution in [0.3, 0.4) is 0 Å². The molecule has 8 heteroatoms. The number of hydrogen-bond acceptors (Lipinski definition) is 5. The van der Waals surface area contributed by atoms with Crippen molar-refractivity contribution in [2.75, 3.05) is 13.1 Å². The van der Waals surface area contributed by atoms with Crippen molar-refractivity contribution in [2.24, 2.45) is 5.92 Å². The van der Waals surface area contributed by atoms with Gasteiger partial charge in [-0.2, -0.15) is 5.26 Å². The van der Waals surface area contributed by atoms with E-state index in [9.17, 15) is 9.59 Å². The number of carbonyl (C=O) groups excluding carboxylic acids is 1. The van der Waals surface area contributed by atoms with Crippen LogP contribution in [0.4, 0.5) is 0 Å². The maximum atomic E-state index is 12.7. The molecule has 2 aromatic heterocycles. The van der Waals surface area contributed by atoms with Crippen molar-refractivity contribution < 1.29 is 11.0 Å². The highest BCUT2D eigenvalue weighted by Gasteiger charge is 2.32. The van der Waals surface area contributed by atoms with Crippen molar-refractivity contribution in [3.8, 4) is 11.8 Å². The SMILES string of the molecule is Cc1c(C(=O)N2CC(C#N)C2)c[nH]c1/C(=C\C=N)Oc1ccc2cc[nH]c(=O)c2c1.[HH]. The minimum absolute atomic E-state index is 0. The van der Waals surface area contributed by atoms with Crippen LogP contribution in [-0.4, -0.2) is 40.1 Å². The molecule has 8 nitrogen and oxygen atoms in total. The van der Waals surface area contributed by atoms with Gasteiger partial charge in [-0.15, -0.1) is 0 Å². The Balaban J connectivity index is 0.00000272. The summed E-state index contributed by atoms with van der Waals surface area (Å²) in [7, 11) is 0. The molecule has 30 heavy (non-hydrogen) atoms. The Hall–Kier alpha value is -4.12. The molecular weight excluding hydrogens is 382 g/mol. The number of rotatable bonds is 5. The van der Waals surface area contributed by atoms with Crippen molar-refractivity contribution in [1.82, 2.24) is 14.9 Å². The molecule has 3 aromatic rings. The predicted molar refractivity (Wildman–Crippen MR) is 115 cm³/mol. The average Bonchev–Trinajstić information content (AvgIpc) is 3.08. The molecule has 4 rings (SSSR count). The van der Waals surface area contributed by atoms with Gasteiger partial charge in [0.25, 0.3) is 11.5 Å². The van der Waals surface area contributed by atoms with E-state index in [0.29, 0.717) is 46.8 Å². The molecule has 0 saturated carbocycles. The molecule has 0 unspecified atom stereocenters. The molecule has 0 aliphatic carbocycles. The monoisotopic (exact) mass is 403 g/mol.